The molecule has 2 N–H and O–H groups in total. The van der Waals surface area contributed by atoms with Crippen LogP contribution in [0.4, 0.5) is 11.6 Å². The van der Waals surface area contributed by atoms with E-state index in [1.807, 2.05) is 6.20 Å². The second kappa shape index (κ2) is 6.09. The molecule has 0 spiro atoms. The van der Waals surface area contributed by atoms with Gasteiger partial charge in [-0.05, 0) is 43.2 Å². The van der Waals surface area contributed by atoms with Gasteiger partial charge >= 0.3 is 0 Å². The zero-order valence-electron chi connectivity index (χ0n) is 14.4. The number of pyridine rings is 1. The molecule has 132 valence electrons. The van der Waals surface area contributed by atoms with Crippen molar-refractivity contribution < 1.29 is 4.79 Å². The lowest BCUT2D eigenvalue weighted by atomic mass is 10.2. The number of imidazole rings is 1. The lowest BCUT2D eigenvalue weighted by Gasteiger charge is -2.06. The van der Waals surface area contributed by atoms with Crippen molar-refractivity contribution >= 4 is 23.2 Å². The van der Waals surface area contributed by atoms with Crippen LogP contribution in [-0.2, 0) is 11.3 Å². The normalized spacial score (nSPS) is 16.6. The molecule has 2 fully saturated rings. The molecule has 7 nitrogen and oxygen atoms in total. The van der Waals surface area contributed by atoms with Crippen LogP contribution in [0.15, 0.2) is 36.9 Å². The lowest BCUT2D eigenvalue weighted by molar-refractivity contribution is -0.117. The zero-order valence-corrected chi connectivity index (χ0v) is 14.4. The molecular formula is C19H20N6O. The van der Waals surface area contributed by atoms with Gasteiger partial charge < -0.3 is 15.0 Å². The number of anilines is 2. The molecule has 0 aliphatic heterocycles. The molecule has 7 heteroatoms. The minimum absolute atomic E-state index is 0.0430. The fraction of sp³-hybridized carbons (Fsp3) is 0.368. The van der Waals surface area contributed by atoms with Crippen molar-refractivity contribution in [3.05, 3.63) is 48.2 Å². The summed E-state index contributed by atoms with van der Waals surface area (Å²) in [5.74, 6) is 2.13. The van der Waals surface area contributed by atoms with Crippen LogP contribution in [0.2, 0.25) is 0 Å². The molecule has 2 aliphatic rings. The zero-order chi connectivity index (χ0) is 17.5. The SMILES string of the molecule is O=C(Nc1cc(NCc2cn3cc(C4CC4)ccc3n2)ncn1)C1CC1. The average molecular weight is 348 g/mol. The Morgan fingerprint density at radius 1 is 1.12 bits per heavy atom. The Morgan fingerprint density at radius 3 is 2.77 bits per heavy atom. The monoisotopic (exact) mass is 348 g/mol. The highest BCUT2D eigenvalue weighted by Crippen LogP contribution is 2.39. The Balaban J connectivity index is 1.26. The molecule has 0 radical (unpaired) electrons. The second-order valence-electron chi connectivity index (χ2n) is 7.14. The fourth-order valence-corrected chi connectivity index (χ4v) is 3.08. The molecule has 0 aromatic carbocycles. The summed E-state index contributed by atoms with van der Waals surface area (Å²) in [4.78, 5) is 24.8. The molecule has 5 rings (SSSR count). The lowest BCUT2D eigenvalue weighted by Crippen LogP contribution is -2.14. The van der Waals surface area contributed by atoms with Crippen LogP contribution >= 0.6 is 0 Å². The predicted molar refractivity (Wildman–Crippen MR) is 97.9 cm³/mol. The Kier molecular flexibility index (Phi) is 3.58. The number of fused-ring (bicyclic) bond motifs is 1. The average Bonchev–Trinajstić information content (AvgIpc) is 3.55. The van der Waals surface area contributed by atoms with Gasteiger partial charge in [0.1, 0.15) is 23.6 Å². The van der Waals surface area contributed by atoms with Crippen LogP contribution < -0.4 is 10.6 Å². The molecule has 0 atom stereocenters. The molecule has 3 aromatic rings. The van der Waals surface area contributed by atoms with Crippen molar-refractivity contribution in [2.45, 2.75) is 38.1 Å². The van der Waals surface area contributed by atoms with Gasteiger partial charge in [0.25, 0.3) is 0 Å². The molecule has 2 aliphatic carbocycles. The predicted octanol–water partition coefficient (Wildman–Crippen LogP) is 2.96. The Morgan fingerprint density at radius 2 is 1.96 bits per heavy atom. The van der Waals surface area contributed by atoms with Crippen molar-refractivity contribution in [1.82, 2.24) is 19.4 Å². The Hall–Kier alpha value is -2.96. The number of hydrogen-bond donors (Lipinski definition) is 2. The van der Waals surface area contributed by atoms with E-state index in [1.165, 1.54) is 24.7 Å². The third-order valence-corrected chi connectivity index (χ3v) is 4.89. The van der Waals surface area contributed by atoms with E-state index in [2.05, 4.69) is 48.3 Å². The quantitative estimate of drug-likeness (QED) is 0.715. The maximum absolute atomic E-state index is 11.8. The van der Waals surface area contributed by atoms with E-state index in [1.54, 1.807) is 6.07 Å². The first kappa shape index (κ1) is 15.3. The Bertz CT molecular complexity index is 973. The standard InChI is InChI=1S/C19H20N6O/c26-19(13-3-4-13)24-17-7-16(21-11-22-17)20-8-15-10-25-9-14(12-1-2-12)5-6-18(25)23-15/h5-7,9-13H,1-4,8H2,(H2,20,21,22,24,26). The number of carbonyl (C=O) groups excluding carboxylic acids is 1. The van der Waals surface area contributed by atoms with E-state index in [-0.39, 0.29) is 11.8 Å². The van der Waals surface area contributed by atoms with Gasteiger partial charge in [-0.1, -0.05) is 6.07 Å². The number of nitrogens with zero attached hydrogens (tertiary/aromatic N) is 4. The van der Waals surface area contributed by atoms with Crippen molar-refractivity contribution in [1.29, 1.82) is 0 Å². The van der Waals surface area contributed by atoms with Crippen LogP contribution in [0.3, 0.4) is 0 Å². The van der Waals surface area contributed by atoms with Crippen molar-refractivity contribution in [3.8, 4) is 0 Å². The van der Waals surface area contributed by atoms with Crippen LogP contribution in [0.5, 0.6) is 0 Å². The molecule has 2 saturated carbocycles. The highest BCUT2D eigenvalue weighted by atomic mass is 16.2. The Labute approximate surface area is 150 Å². The molecule has 0 unspecified atom stereocenters. The third-order valence-electron chi connectivity index (χ3n) is 4.89. The number of aromatic nitrogens is 4. The summed E-state index contributed by atoms with van der Waals surface area (Å²) < 4.78 is 2.09. The highest BCUT2D eigenvalue weighted by molar-refractivity contribution is 5.93. The van der Waals surface area contributed by atoms with Gasteiger partial charge in [-0.25, -0.2) is 15.0 Å². The summed E-state index contributed by atoms with van der Waals surface area (Å²) in [7, 11) is 0. The van der Waals surface area contributed by atoms with E-state index < -0.39 is 0 Å². The largest absolute Gasteiger partial charge is 0.364 e. The van der Waals surface area contributed by atoms with Gasteiger partial charge in [0.05, 0.1) is 12.2 Å². The van der Waals surface area contributed by atoms with E-state index in [0.29, 0.717) is 18.2 Å². The minimum atomic E-state index is 0.0430. The van der Waals surface area contributed by atoms with Gasteiger partial charge in [-0.15, -0.1) is 0 Å². The fourth-order valence-electron chi connectivity index (χ4n) is 3.08. The second-order valence-corrected chi connectivity index (χ2v) is 7.14. The van der Waals surface area contributed by atoms with Crippen LogP contribution in [-0.4, -0.2) is 25.3 Å². The van der Waals surface area contributed by atoms with E-state index in [9.17, 15) is 4.79 Å². The number of rotatable bonds is 6. The highest BCUT2D eigenvalue weighted by Gasteiger charge is 2.29. The summed E-state index contributed by atoms with van der Waals surface area (Å²) in [6.45, 7) is 0.563. The molecule has 3 heterocycles. The molecule has 0 saturated heterocycles. The van der Waals surface area contributed by atoms with Gasteiger partial charge in [0.15, 0.2) is 0 Å². The summed E-state index contributed by atoms with van der Waals surface area (Å²) in [6, 6.07) is 6.01. The van der Waals surface area contributed by atoms with Crippen molar-refractivity contribution in [2.75, 3.05) is 10.6 Å². The topological polar surface area (TPSA) is 84.2 Å². The van der Waals surface area contributed by atoms with E-state index in [4.69, 9.17) is 0 Å². The van der Waals surface area contributed by atoms with Gasteiger partial charge in [0.2, 0.25) is 5.91 Å². The van der Waals surface area contributed by atoms with Gasteiger partial charge in [-0.2, -0.15) is 0 Å². The number of hydrogen-bond acceptors (Lipinski definition) is 5. The molecule has 26 heavy (non-hydrogen) atoms. The van der Waals surface area contributed by atoms with Gasteiger partial charge in [0, 0.05) is 24.4 Å². The van der Waals surface area contributed by atoms with Crippen LogP contribution in [0.1, 0.15) is 42.9 Å². The van der Waals surface area contributed by atoms with Gasteiger partial charge in [-0.3, -0.25) is 4.79 Å². The van der Waals surface area contributed by atoms with E-state index >= 15 is 0 Å². The summed E-state index contributed by atoms with van der Waals surface area (Å²) in [5, 5.41) is 6.09. The maximum atomic E-state index is 11.8. The molecule has 3 aromatic heterocycles. The maximum Gasteiger partial charge on any atom is 0.228 e. The minimum Gasteiger partial charge on any atom is -0.364 e. The van der Waals surface area contributed by atoms with Crippen molar-refractivity contribution in [3.63, 3.8) is 0 Å². The number of amides is 1. The molecular weight excluding hydrogens is 328 g/mol. The van der Waals surface area contributed by atoms with Crippen molar-refractivity contribution in [2.24, 2.45) is 5.92 Å². The van der Waals surface area contributed by atoms with Crippen LogP contribution in [0.25, 0.3) is 5.65 Å². The first-order chi connectivity index (χ1) is 12.7. The molecule has 1 amide bonds. The smallest absolute Gasteiger partial charge is 0.228 e. The summed E-state index contributed by atoms with van der Waals surface area (Å²) in [6.07, 6.45) is 10.2. The molecule has 0 bridgehead atoms. The number of carbonyl (C=O) groups is 1. The number of nitrogens with one attached hydrogen (secondary N) is 2. The first-order valence-electron chi connectivity index (χ1n) is 9.09. The van der Waals surface area contributed by atoms with E-state index in [0.717, 1.165) is 30.1 Å². The summed E-state index contributed by atoms with van der Waals surface area (Å²) >= 11 is 0. The third kappa shape index (κ3) is 3.24. The summed E-state index contributed by atoms with van der Waals surface area (Å²) in [5.41, 5.74) is 3.28. The van der Waals surface area contributed by atoms with Crippen LogP contribution in [0, 0.1) is 5.92 Å². The first-order valence-corrected chi connectivity index (χ1v) is 9.09.